The highest BCUT2D eigenvalue weighted by Crippen LogP contribution is 2.29. The van der Waals surface area contributed by atoms with Crippen LogP contribution < -0.4 is 4.57 Å². The van der Waals surface area contributed by atoms with E-state index in [0.29, 0.717) is 0 Å². The molecule has 21 heavy (non-hydrogen) atoms. The minimum atomic E-state index is 1.14. The fraction of sp³-hybridized carbons (Fsp3) is 0.250. The van der Waals surface area contributed by atoms with E-state index in [1.54, 1.807) is 0 Å². The third kappa shape index (κ3) is 2.82. The second-order valence-electron chi connectivity index (χ2n) is 5.89. The summed E-state index contributed by atoms with van der Waals surface area (Å²) in [7, 11) is 2.11. The third-order valence-corrected chi connectivity index (χ3v) is 4.20. The second kappa shape index (κ2) is 5.69. The Hall–Kier alpha value is -2.15. The van der Waals surface area contributed by atoms with E-state index >= 15 is 0 Å². The van der Waals surface area contributed by atoms with Gasteiger partial charge in [-0.3, -0.25) is 0 Å². The van der Waals surface area contributed by atoms with Crippen molar-refractivity contribution in [2.75, 3.05) is 0 Å². The van der Waals surface area contributed by atoms with E-state index < -0.39 is 0 Å². The summed E-state index contributed by atoms with van der Waals surface area (Å²) in [5.41, 5.74) is 8.02. The van der Waals surface area contributed by atoms with Gasteiger partial charge in [0.05, 0.1) is 0 Å². The molecule has 0 bridgehead atoms. The molecule has 0 aliphatic heterocycles. The van der Waals surface area contributed by atoms with Gasteiger partial charge >= 0.3 is 0 Å². The molecule has 3 rings (SSSR count). The number of pyridine rings is 1. The van der Waals surface area contributed by atoms with Crippen molar-refractivity contribution >= 4 is 5.57 Å². The van der Waals surface area contributed by atoms with Gasteiger partial charge in [-0.1, -0.05) is 30.4 Å². The maximum Gasteiger partial charge on any atom is 0.212 e. The van der Waals surface area contributed by atoms with E-state index in [0.717, 1.165) is 12.8 Å². The molecule has 1 aromatic heterocycles. The fourth-order valence-corrected chi connectivity index (χ4v) is 2.88. The lowest BCUT2D eigenvalue weighted by atomic mass is 9.93. The van der Waals surface area contributed by atoms with Gasteiger partial charge in [-0.15, -0.1) is 0 Å². The summed E-state index contributed by atoms with van der Waals surface area (Å²) in [6.45, 7) is 4.34. The number of hydrogen-bond acceptors (Lipinski definition) is 0. The zero-order valence-electron chi connectivity index (χ0n) is 13.1. The van der Waals surface area contributed by atoms with Crippen LogP contribution in [0.25, 0.3) is 16.8 Å². The first kappa shape index (κ1) is 13.8. The molecule has 0 amide bonds. The fourth-order valence-electron chi connectivity index (χ4n) is 2.88. The van der Waals surface area contributed by atoms with Gasteiger partial charge in [-0.2, -0.15) is 0 Å². The molecule has 0 saturated carbocycles. The Balaban J connectivity index is 2.12. The summed E-state index contributed by atoms with van der Waals surface area (Å²) in [5.74, 6) is 0. The average molecular weight is 276 g/mol. The Morgan fingerprint density at radius 2 is 1.90 bits per heavy atom. The minimum Gasteiger partial charge on any atom is -0.201 e. The Morgan fingerprint density at radius 1 is 1.05 bits per heavy atom. The molecule has 0 radical (unpaired) electrons. The van der Waals surface area contributed by atoms with Crippen LogP contribution in [0.4, 0.5) is 0 Å². The minimum absolute atomic E-state index is 1.14. The van der Waals surface area contributed by atoms with E-state index in [2.05, 4.69) is 80.2 Å². The molecule has 0 atom stereocenters. The van der Waals surface area contributed by atoms with Crippen LogP contribution in [0.5, 0.6) is 0 Å². The first-order valence-corrected chi connectivity index (χ1v) is 7.58. The van der Waals surface area contributed by atoms with Crippen LogP contribution >= 0.6 is 0 Å². The van der Waals surface area contributed by atoms with Crippen molar-refractivity contribution in [3.8, 4) is 11.3 Å². The summed E-state index contributed by atoms with van der Waals surface area (Å²) in [4.78, 5) is 0. The normalized spacial score (nSPS) is 14.1. The lowest BCUT2D eigenvalue weighted by molar-refractivity contribution is -0.660. The Bertz CT molecular complexity index is 735. The molecule has 1 heterocycles. The number of hydrogen-bond donors (Lipinski definition) is 0. The van der Waals surface area contributed by atoms with E-state index in [-0.39, 0.29) is 0 Å². The quantitative estimate of drug-likeness (QED) is 0.710. The van der Waals surface area contributed by atoms with Gasteiger partial charge in [0.15, 0.2) is 6.20 Å². The molecule has 0 fully saturated rings. The molecule has 1 aliphatic carbocycles. The van der Waals surface area contributed by atoms with Crippen molar-refractivity contribution in [2.45, 2.75) is 26.7 Å². The number of aryl methyl sites for hydroxylation is 3. The number of nitrogens with zero attached hydrogens (tertiary/aromatic N) is 1. The largest absolute Gasteiger partial charge is 0.212 e. The predicted molar refractivity (Wildman–Crippen MR) is 88.9 cm³/mol. The molecular formula is C20H22N+. The number of allylic oxidation sites excluding steroid dienone is 4. The van der Waals surface area contributed by atoms with Crippen molar-refractivity contribution in [1.82, 2.24) is 0 Å². The van der Waals surface area contributed by atoms with Crippen LogP contribution in [0.15, 0.2) is 54.8 Å². The first-order chi connectivity index (χ1) is 10.1. The summed E-state index contributed by atoms with van der Waals surface area (Å²) in [6.07, 6.45) is 11.1. The summed E-state index contributed by atoms with van der Waals surface area (Å²) in [5, 5.41) is 0. The van der Waals surface area contributed by atoms with Gasteiger partial charge in [-0.05, 0) is 55.0 Å². The monoisotopic (exact) mass is 276 g/mol. The zero-order chi connectivity index (χ0) is 14.8. The third-order valence-electron chi connectivity index (χ3n) is 4.20. The van der Waals surface area contributed by atoms with Crippen LogP contribution in [0, 0.1) is 13.8 Å². The van der Waals surface area contributed by atoms with E-state index in [1.165, 1.54) is 33.5 Å². The summed E-state index contributed by atoms with van der Waals surface area (Å²) >= 11 is 0. The van der Waals surface area contributed by atoms with Gasteiger partial charge in [0, 0.05) is 17.7 Å². The Labute approximate surface area is 127 Å². The van der Waals surface area contributed by atoms with Crippen molar-refractivity contribution in [2.24, 2.45) is 7.05 Å². The lowest BCUT2D eigenvalue weighted by Crippen LogP contribution is -2.30. The van der Waals surface area contributed by atoms with Crippen molar-refractivity contribution in [1.29, 1.82) is 0 Å². The van der Waals surface area contributed by atoms with Crippen molar-refractivity contribution < 1.29 is 4.57 Å². The SMILES string of the molecule is Cc1cc[n+](C)c(-c2cc(C3=CC=CCC3)ccc2C)c1. The second-order valence-corrected chi connectivity index (χ2v) is 5.89. The van der Waals surface area contributed by atoms with Crippen LogP contribution in [-0.4, -0.2) is 0 Å². The van der Waals surface area contributed by atoms with Crippen LogP contribution in [0.3, 0.4) is 0 Å². The van der Waals surface area contributed by atoms with Crippen molar-refractivity contribution in [3.63, 3.8) is 0 Å². The topological polar surface area (TPSA) is 3.88 Å². The Kier molecular flexibility index (Phi) is 3.74. The van der Waals surface area contributed by atoms with Crippen LogP contribution in [0.2, 0.25) is 0 Å². The van der Waals surface area contributed by atoms with Crippen molar-refractivity contribution in [3.05, 3.63) is 71.4 Å². The van der Waals surface area contributed by atoms with Gasteiger partial charge in [0.2, 0.25) is 5.69 Å². The maximum absolute atomic E-state index is 2.34. The molecule has 1 aliphatic rings. The first-order valence-electron chi connectivity index (χ1n) is 7.58. The zero-order valence-corrected chi connectivity index (χ0v) is 13.1. The number of rotatable bonds is 2. The van der Waals surface area contributed by atoms with Crippen LogP contribution in [0.1, 0.15) is 29.5 Å². The molecule has 1 heteroatoms. The highest BCUT2D eigenvalue weighted by atomic mass is 14.9. The lowest BCUT2D eigenvalue weighted by Gasteiger charge is -2.12. The van der Waals surface area contributed by atoms with Gasteiger partial charge in [-0.25, -0.2) is 4.57 Å². The number of aromatic nitrogens is 1. The molecule has 0 saturated heterocycles. The van der Waals surface area contributed by atoms with E-state index in [9.17, 15) is 0 Å². The molecule has 1 aromatic carbocycles. The van der Waals surface area contributed by atoms with Crippen LogP contribution in [-0.2, 0) is 7.05 Å². The van der Waals surface area contributed by atoms with E-state index in [4.69, 9.17) is 0 Å². The standard InChI is InChI=1S/C20H22N/c1-15-11-12-21(3)20(13-15)19-14-18(10-9-16(19)2)17-7-5-4-6-8-17/h4-5,7,9-14H,6,8H2,1-3H3/q+1. The molecule has 106 valence electrons. The summed E-state index contributed by atoms with van der Waals surface area (Å²) < 4.78 is 2.20. The molecule has 0 spiro atoms. The summed E-state index contributed by atoms with van der Waals surface area (Å²) in [6, 6.07) is 11.2. The highest BCUT2D eigenvalue weighted by Gasteiger charge is 2.14. The number of benzene rings is 1. The Morgan fingerprint density at radius 3 is 2.67 bits per heavy atom. The van der Waals surface area contributed by atoms with E-state index in [1.807, 2.05) is 0 Å². The highest BCUT2D eigenvalue weighted by molar-refractivity contribution is 5.74. The molecule has 2 aromatic rings. The smallest absolute Gasteiger partial charge is 0.201 e. The molecule has 0 unspecified atom stereocenters. The molecule has 1 nitrogen and oxygen atoms in total. The average Bonchev–Trinajstić information content (AvgIpc) is 2.51. The molecular weight excluding hydrogens is 254 g/mol. The van der Waals surface area contributed by atoms with Gasteiger partial charge in [0.25, 0.3) is 0 Å². The predicted octanol–water partition coefficient (Wildman–Crippen LogP) is 4.53. The van der Waals surface area contributed by atoms with Gasteiger partial charge < -0.3 is 0 Å². The maximum atomic E-state index is 2.34. The van der Waals surface area contributed by atoms with Gasteiger partial charge in [0.1, 0.15) is 7.05 Å². The molecule has 0 N–H and O–H groups in total.